The molecule has 37 heavy (non-hydrogen) atoms. The molecule has 4 rings (SSSR count). The van der Waals surface area contributed by atoms with E-state index in [2.05, 4.69) is 0 Å². The van der Waals surface area contributed by atoms with Crippen LogP contribution in [0.5, 0.6) is 0 Å². The maximum Gasteiger partial charge on any atom is 0.416 e. The van der Waals surface area contributed by atoms with E-state index in [9.17, 15) is 27.5 Å². The van der Waals surface area contributed by atoms with Crippen LogP contribution >= 0.6 is 11.8 Å². The Kier molecular flexibility index (Phi) is 7.16. The molecule has 1 heterocycles. The summed E-state index contributed by atoms with van der Waals surface area (Å²) in [7, 11) is 0. The number of hydrogen-bond donors (Lipinski definition) is 1. The zero-order valence-corrected chi connectivity index (χ0v) is 21.7. The Morgan fingerprint density at radius 2 is 1.65 bits per heavy atom. The quantitative estimate of drug-likeness (QED) is 0.245. The Morgan fingerprint density at radius 1 is 0.973 bits per heavy atom. The summed E-state index contributed by atoms with van der Waals surface area (Å²) in [6.07, 6.45) is -4.30. The van der Waals surface area contributed by atoms with Crippen molar-refractivity contribution in [3.8, 4) is 0 Å². The Labute approximate surface area is 217 Å². The van der Waals surface area contributed by atoms with Gasteiger partial charge in [0.2, 0.25) is 0 Å². The van der Waals surface area contributed by atoms with Gasteiger partial charge in [0.05, 0.1) is 11.0 Å². The predicted molar refractivity (Wildman–Crippen MR) is 138 cm³/mol. The van der Waals surface area contributed by atoms with Crippen molar-refractivity contribution in [1.82, 2.24) is 4.57 Å². The highest BCUT2D eigenvalue weighted by molar-refractivity contribution is 7.99. The highest BCUT2D eigenvalue weighted by Gasteiger charge is 2.32. The van der Waals surface area contributed by atoms with Gasteiger partial charge in [-0.05, 0) is 80.8 Å². The molecule has 0 aliphatic carbocycles. The summed E-state index contributed by atoms with van der Waals surface area (Å²) in [6, 6.07) is 15.4. The van der Waals surface area contributed by atoms with Crippen LogP contribution in [0.1, 0.15) is 41.8 Å². The van der Waals surface area contributed by atoms with Crippen molar-refractivity contribution in [2.45, 2.75) is 56.6 Å². The first-order valence-electron chi connectivity index (χ1n) is 11.7. The van der Waals surface area contributed by atoms with Gasteiger partial charge in [-0.15, -0.1) is 0 Å². The SMILES string of the molecule is Cc1ccc(C)c(Sc2c(CC(C)(C)C(=O)O)n(Cc3ccc(C(F)(F)F)cc3)c3ccc(F)cc23)c1. The van der Waals surface area contributed by atoms with Crippen LogP contribution in [0.15, 0.2) is 70.5 Å². The lowest BCUT2D eigenvalue weighted by molar-refractivity contribution is -0.147. The Morgan fingerprint density at radius 3 is 2.27 bits per heavy atom. The number of aryl methyl sites for hydroxylation is 2. The number of carbonyl (C=O) groups is 1. The van der Waals surface area contributed by atoms with Crippen LogP contribution in [0.4, 0.5) is 17.6 Å². The van der Waals surface area contributed by atoms with Crippen LogP contribution < -0.4 is 0 Å². The van der Waals surface area contributed by atoms with Crippen molar-refractivity contribution >= 4 is 28.6 Å². The number of carboxylic acid groups (broad SMARTS) is 1. The summed E-state index contributed by atoms with van der Waals surface area (Å²) >= 11 is 1.45. The van der Waals surface area contributed by atoms with Crippen molar-refractivity contribution < 1.29 is 27.5 Å². The molecule has 194 valence electrons. The molecule has 0 aliphatic heterocycles. The molecule has 0 spiro atoms. The first-order valence-corrected chi connectivity index (χ1v) is 12.5. The Hall–Kier alpha value is -3.26. The van der Waals surface area contributed by atoms with Crippen molar-refractivity contribution in [3.63, 3.8) is 0 Å². The summed E-state index contributed by atoms with van der Waals surface area (Å²) in [4.78, 5) is 13.8. The van der Waals surface area contributed by atoms with Gasteiger partial charge in [-0.25, -0.2) is 4.39 Å². The predicted octanol–water partition coefficient (Wildman–Crippen LogP) is 8.27. The third-order valence-corrected chi connectivity index (χ3v) is 7.77. The molecule has 0 fully saturated rings. The molecular weight excluding hydrogens is 502 g/mol. The normalized spacial score (nSPS) is 12.3. The number of hydrogen-bond acceptors (Lipinski definition) is 2. The zero-order valence-electron chi connectivity index (χ0n) is 20.9. The highest BCUT2D eigenvalue weighted by atomic mass is 32.2. The summed E-state index contributed by atoms with van der Waals surface area (Å²) in [5.74, 6) is -1.40. The Bertz CT molecular complexity index is 1470. The minimum Gasteiger partial charge on any atom is -0.481 e. The first kappa shape index (κ1) is 26.8. The number of nitrogens with zero attached hydrogens (tertiary/aromatic N) is 1. The summed E-state index contributed by atoms with van der Waals surface area (Å²) < 4.78 is 55.6. The molecular formula is C29H27F4NO2S. The molecule has 8 heteroatoms. The van der Waals surface area contributed by atoms with Crippen molar-refractivity contribution in [2.75, 3.05) is 0 Å². The molecule has 0 radical (unpaired) electrons. The number of rotatable bonds is 7. The topological polar surface area (TPSA) is 42.2 Å². The van der Waals surface area contributed by atoms with Gasteiger partial charge in [0.25, 0.3) is 0 Å². The standard InChI is InChI=1S/C29H27F4NO2S/c1-17-5-6-18(2)25(13-17)37-26-22-14-21(30)11-12-23(22)34(24(26)15-28(3,4)27(35)36)16-19-7-9-20(10-8-19)29(31,32)33/h5-14H,15-16H2,1-4H3,(H,35,36). The number of alkyl halides is 3. The maximum atomic E-state index is 14.5. The smallest absolute Gasteiger partial charge is 0.416 e. The number of aliphatic carboxylic acids is 1. The van der Waals surface area contributed by atoms with Crippen LogP contribution in [-0.4, -0.2) is 15.6 Å². The van der Waals surface area contributed by atoms with Crippen molar-refractivity contribution in [3.05, 3.63) is 94.4 Å². The van der Waals surface area contributed by atoms with Crippen molar-refractivity contribution in [1.29, 1.82) is 0 Å². The van der Waals surface area contributed by atoms with Crippen LogP contribution in [0.3, 0.4) is 0 Å². The van der Waals surface area contributed by atoms with E-state index in [1.807, 2.05) is 36.6 Å². The van der Waals surface area contributed by atoms with E-state index < -0.39 is 28.9 Å². The summed E-state index contributed by atoms with van der Waals surface area (Å²) in [6.45, 7) is 7.42. The molecule has 0 amide bonds. The number of benzene rings is 3. The van der Waals surface area contributed by atoms with Crippen molar-refractivity contribution in [2.24, 2.45) is 5.41 Å². The second-order valence-corrected chi connectivity index (χ2v) is 11.0. The van der Waals surface area contributed by atoms with Gasteiger partial charge in [0, 0.05) is 39.4 Å². The van der Waals surface area contributed by atoms with E-state index in [4.69, 9.17) is 0 Å². The second kappa shape index (κ2) is 9.89. The molecule has 0 bridgehead atoms. The van der Waals surface area contributed by atoms with E-state index in [-0.39, 0.29) is 13.0 Å². The molecule has 0 aliphatic rings. The molecule has 0 unspecified atom stereocenters. The van der Waals surface area contributed by atoms with Gasteiger partial charge >= 0.3 is 12.1 Å². The van der Waals surface area contributed by atoms with E-state index >= 15 is 0 Å². The van der Waals surface area contributed by atoms with Gasteiger partial charge < -0.3 is 9.67 Å². The number of carboxylic acids is 1. The maximum absolute atomic E-state index is 14.5. The van der Waals surface area contributed by atoms with E-state index in [1.54, 1.807) is 19.9 Å². The van der Waals surface area contributed by atoms with Crippen LogP contribution in [0, 0.1) is 25.1 Å². The first-order chi connectivity index (χ1) is 17.3. The molecule has 0 saturated heterocycles. The fraction of sp³-hybridized carbons (Fsp3) is 0.276. The molecule has 3 nitrogen and oxygen atoms in total. The summed E-state index contributed by atoms with van der Waals surface area (Å²) in [5.41, 5.74) is 2.20. The highest BCUT2D eigenvalue weighted by Crippen LogP contribution is 2.43. The van der Waals surface area contributed by atoms with Gasteiger partial charge in [0.1, 0.15) is 5.82 Å². The fourth-order valence-electron chi connectivity index (χ4n) is 4.22. The lowest BCUT2D eigenvalue weighted by Gasteiger charge is -2.22. The van der Waals surface area contributed by atoms with E-state index in [0.29, 0.717) is 22.2 Å². The van der Waals surface area contributed by atoms with Crippen LogP contribution in [0.2, 0.25) is 0 Å². The third-order valence-electron chi connectivity index (χ3n) is 6.45. The monoisotopic (exact) mass is 529 g/mol. The second-order valence-electron chi connectivity index (χ2n) is 9.95. The lowest BCUT2D eigenvalue weighted by Crippen LogP contribution is -2.27. The Balaban J connectivity index is 1.92. The molecule has 1 N–H and O–H groups in total. The lowest BCUT2D eigenvalue weighted by atomic mass is 9.88. The largest absolute Gasteiger partial charge is 0.481 e. The van der Waals surface area contributed by atoms with Gasteiger partial charge in [-0.1, -0.05) is 36.0 Å². The third kappa shape index (κ3) is 5.69. The molecule has 3 aromatic carbocycles. The average molecular weight is 530 g/mol. The van der Waals surface area contributed by atoms with Gasteiger partial charge in [-0.2, -0.15) is 13.2 Å². The van der Waals surface area contributed by atoms with E-state index in [0.717, 1.165) is 33.1 Å². The number of halogens is 4. The number of fused-ring (bicyclic) bond motifs is 1. The minimum absolute atomic E-state index is 0.145. The molecule has 4 aromatic rings. The summed E-state index contributed by atoms with van der Waals surface area (Å²) in [5, 5.41) is 10.5. The van der Waals surface area contributed by atoms with Crippen LogP contribution in [-0.2, 0) is 23.9 Å². The molecule has 0 atom stereocenters. The van der Waals surface area contributed by atoms with E-state index in [1.165, 1.54) is 36.0 Å². The van der Waals surface area contributed by atoms with Gasteiger partial charge in [-0.3, -0.25) is 4.79 Å². The molecule has 0 saturated carbocycles. The number of aromatic nitrogens is 1. The fourth-order valence-corrected chi connectivity index (χ4v) is 5.49. The average Bonchev–Trinajstić information content (AvgIpc) is 3.07. The minimum atomic E-state index is -4.44. The van der Waals surface area contributed by atoms with Gasteiger partial charge in [0.15, 0.2) is 0 Å². The zero-order chi connectivity index (χ0) is 27.1. The molecule has 1 aromatic heterocycles. The van der Waals surface area contributed by atoms with Crippen LogP contribution in [0.25, 0.3) is 10.9 Å².